The van der Waals surface area contributed by atoms with Gasteiger partial charge in [-0.1, -0.05) is 23.2 Å². The van der Waals surface area contributed by atoms with Gasteiger partial charge in [0.1, 0.15) is 0 Å². The summed E-state index contributed by atoms with van der Waals surface area (Å²) in [6.45, 7) is 1.90. The number of hydrogen-bond donors (Lipinski definition) is 2. The lowest BCUT2D eigenvalue weighted by atomic mass is 10.2. The lowest BCUT2D eigenvalue weighted by Gasteiger charge is -2.05. The number of anilines is 1. The van der Waals surface area contributed by atoms with E-state index in [2.05, 4.69) is 5.43 Å². The zero-order valence-corrected chi connectivity index (χ0v) is 7.50. The molecule has 0 aliphatic heterocycles. The van der Waals surface area contributed by atoms with Crippen LogP contribution in [-0.2, 0) is 0 Å². The molecule has 0 spiro atoms. The van der Waals surface area contributed by atoms with Crippen LogP contribution in [0.1, 0.15) is 5.56 Å². The van der Waals surface area contributed by atoms with Crippen LogP contribution in [0, 0.1) is 6.92 Å². The maximum absolute atomic E-state index is 5.74. The van der Waals surface area contributed by atoms with E-state index in [9.17, 15) is 0 Å². The number of rotatable bonds is 1. The van der Waals surface area contributed by atoms with E-state index in [0.29, 0.717) is 10.0 Å². The second-order valence-electron chi connectivity index (χ2n) is 2.23. The highest BCUT2D eigenvalue weighted by atomic mass is 35.5. The van der Waals surface area contributed by atoms with Gasteiger partial charge in [0.2, 0.25) is 0 Å². The van der Waals surface area contributed by atoms with E-state index in [-0.39, 0.29) is 0 Å². The Bertz CT molecular complexity index is 273. The highest BCUT2D eigenvalue weighted by molar-refractivity contribution is 6.42. The van der Waals surface area contributed by atoms with E-state index in [4.69, 9.17) is 29.0 Å². The molecule has 1 aromatic rings. The molecule has 1 aromatic carbocycles. The minimum absolute atomic E-state index is 0.505. The fourth-order valence-corrected chi connectivity index (χ4v) is 1.18. The Kier molecular flexibility index (Phi) is 2.60. The molecule has 0 amide bonds. The first-order chi connectivity index (χ1) is 5.15. The number of benzene rings is 1. The number of hydrazine groups is 1. The zero-order valence-electron chi connectivity index (χ0n) is 5.99. The summed E-state index contributed by atoms with van der Waals surface area (Å²) in [7, 11) is 0. The topological polar surface area (TPSA) is 38.0 Å². The van der Waals surface area contributed by atoms with Crippen molar-refractivity contribution >= 4 is 28.9 Å². The monoisotopic (exact) mass is 190 g/mol. The van der Waals surface area contributed by atoms with Gasteiger partial charge in [0.15, 0.2) is 0 Å². The second kappa shape index (κ2) is 3.30. The Hall–Kier alpha value is -0.440. The molecule has 0 aliphatic carbocycles. The Morgan fingerprint density at radius 1 is 1.27 bits per heavy atom. The van der Waals surface area contributed by atoms with Crippen LogP contribution < -0.4 is 11.3 Å². The smallest absolute Gasteiger partial charge is 0.0613 e. The van der Waals surface area contributed by atoms with Gasteiger partial charge in [0.05, 0.1) is 15.7 Å². The average Bonchev–Trinajstić information content (AvgIpc) is 1.97. The molecule has 0 unspecified atom stereocenters. The van der Waals surface area contributed by atoms with Crippen molar-refractivity contribution in [2.75, 3.05) is 5.43 Å². The lowest BCUT2D eigenvalue weighted by Crippen LogP contribution is -2.07. The van der Waals surface area contributed by atoms with Gasteiger partial charge in [0, 0.05) is 0 Å². The van der Waals surface area contributed by atoms with E-state index in [1.165, 1.54) is 0 Å². The molecule has 11 heavy (non-hydrogen) atoms. The van der Waals surface area contributed by atoms with E-state index >= 15 is 0 Å². The maximum Gasteiger partial charge on any atom is 0.0613 e. The summed E-state index contributed by atoms with van der Waals surface area (Å²) in [6, 6.07) is 3.46. The summed E-state index contributed by atoms with van der Waals surface area (Å²) < 4.78 is 0. The van der Waals surface area contributed by atoms with Gasteiger partial charge in [-0.2, -0.15) is 0 Å². The number of nitrogen functional groups attached to an aromatic ring is 1. The molecule has 0 fully saturated rings. The summed E-state index contributed by atoms with van der Waals surface area (Å²) in [6.07, 6.45) is 0. The highest BCUT2D eigenvalue weighted by Gasteiger charge is 2.01. The van der Waals surface area contributed by atoms with Gasteiger partial charge in [0.25, 0.3) is 0 Å². The predicted molar refractivity (Wildman–Crippen MR) is 49.0 cm³/mol. The van der Waals surface area contributed by atoms with Gasteiger partial charge in [-0.15, -0.1) is 0 Å². The molecule has 3 N–H and O–H groups in total. The molecule has 1 rings (SSSR count). The van der Waals surface area contributed by atoms with Crippen molar-refractivity contribution < 1.29 is 0 Å². The van der Waals surface area contributed by atoms with Crippen molar-refractivity contribution in [1.29, 1.82) is 0 Å². The number of hydrogen-bond acceptors (Lipinski definition) is 2. The molecule has 2 nitrogen and oxygen atoms in total. The van der Waals surface area contributed by atoms with Crippen LogP contribution >= 0.6 is 23.2 Å². The summed E-state index contributed by atoms with van der Waals surface area (Å²) in [5.74, 6) is 5.22. The predicted octanol–water partition coefficient (Wildman–Crippen LogP) is 2.59. The van der Waals surface area contributed by atoms with Crippen LogP contribution in [0.15, 0.2) is 12.1 Å². The third kappa shape index (κ3) is 1.77. The molecule has 4 heteroatoms. The number of aryl methyl sites for hydroxylation is 1. The molecular formula is C7H8Cl2N2. The number of nitrogens with two attached hydrogens (primary N) is 1. The van der Waals surface area contributed by atoms with E-state index in [1.54, 1.807) is 12.1 Å². The summed E-state index contributed by atoms with van der Waals surface area (Å²) in [4.78, 5) is 0. The van der Waals surface area contributed by atoms with Gasteiger partial charge < -0.3 is 5.43 Å². The number of nitrogens with one attached hydrogen (secondary N) is 1. The van der Waals surface area contributed by atoms with E-state index in [1.807, 2.05) is 6.92 Å². The fraction of sp³-hybridized carbons (Fsp3) is 0.143. The Morgan fingerprint density at radius 3 is 2.36 bits per heavy atom. The molecule has 0 bridgehead atoms. The van der Waals surface area contributed by atoms with Gasteiger partial charge in [-0.3, -0.25) is 5.84 Å². The quantitative estimate of drug-likeness (QED) is 0.528. The zero-order chi connectivity index (χ0) is 8.43. The summed E-state index contributed by atoms with van der Waals surface area (Å²) in [5, 5.41) is 1.05. The normalized spacial score (nSPS) is 9.82. The third-order valence-electron chi connectivity index (χ3n) is 1.42. The first kappa shape index (κ1) is 8.65. The molecule has 60 valence electrons. The van der Waals surface area contributed by atoms with Crippen LogP contribution in [0.2, 0.25) is 10.0 Å². The molecule has 0 heterocycles. The van der Waals surface area contributed by atoms with Crippen molar-refractivity contribution in [2.24, 2.45) is 5.84 Å². The van der Waals surface area contributed by atoms with Crippen molar-refractivity contribution in [3.8, 4) is 0 Å². The number of halogens is 2. The van der Waals surface area contributed by atoms with Crippen LogP contribution in [0.25, 0.3) is 0 Å². The Balaban J connectivity index is 3.21. The van der Waals surface area contributed by atoms with Gasteiger partial charge in [-0.25, -0.2) is 0 Å². The third-order valence-corrected chi connectivity index (χ3v) is 2.14. The molecule has 0 saturated heterocycles. The van der Waals surface area contributed by atoms with Crippen LogP contribution in [0.5, 0.6) is 0 Å². The Morgan fingerprint density at radius 2 is 1.82 bits per heavy atom. The molecule has 0 aliphatic rings. The van der Waals surface area contributed by atoms with Crippen LogP contribution in [0.3, 0.4) is 0 Å². The van der Waals surface area contributed by atoms with Gasteiger partial charge in [-0.05, 0) is 24.6 Å². The fourth-order valence-electron chi connectivity index (χ4n) is 0.802. The summed E-state index contributed by atoms with van der Waals surface area (Å²) >= 11 is 11.5. The van der Waals surface area contributed by atoms with Crippen LogP contribution in [-0.4, -0.2) is 0 Å². The largest absolute Gasteiger partial charge is 0.324 e. The van der Waals surface area contributed by atoms with Crippen molar-refractivity contribution in [3.05, 3.63) is 27.7 Å². The minimum Gasteiger partial charge on any atom is -0.324 e. The molecular weight excluding hydrogens is 183 g/mol. The molecule has 0 atom stereocenters. The lowest BCUT2D eigenvalue weighted by molar-refractivity contribution is 1.31. The summed E-state index contributed by atoms with van der Waals surface area (Å²) in [5.41, 5.74) is 4.29. The molecule has 0 radical (unpaired) electrons. The first-order valence-electron chi connectivity index (χ1n) is 3.07. The maximum atomic E-state index is 5.74. The van der Waals surface area contributed by atoms with Gasteiger partial charge >= 0.3 is 0 Å². The van der Waals surface area contributed by atoms with Crippen molar-refractivity contribution in [1.82, 2.24) is 0 Å². The van der Waals surface area contributed by atoms with Crippen molar-refractivity contribution in [2.45, 2.75) is 6.92 Å². The SMILES string of the molecule is Cc1cc(Cl)c(Cl)cc1NN. The van der Waals surface area contributed by atoms with E-state index < -0.39 is 0 Å². The van der Waals surface area contributed by atoms with Crippen molar-refractivity contribution in [3.63, 3.8) is 0 Å². The Labute approximate surface area is 75.3 Å². The molecule has 0 aromatic heterocycles. The second-order valence-corrected chi connectivity index (χ2v) is 3.04. The highest BCUT2D eigenvalue weighted by Crippen LogP contribution is 2.27. The van der Waals surface area contributed by atoms with Crippen LogP contribution in [0.4, 0.5) is 5.69 Å². The first-order valence-corrected chi connectivity index (χ1v) is 3.83. The van der Waals surface area contributed by atoms with E-state index in [0.717, 1.165) is 11.3 Å². The minimum atomic E-state index is 0.505. The average molecular weight is 191 g/mol. The standard InChI is InChI=1S/C7H8Cl2N2/c1-4-2-5(8)6(9)3-7(4)11-10/h2-3,11H,10H2,1H3. The molecule has 0 saturated carbocycles.